The Morgan fingerprint density at radius 3 is 2.77 bits per heavy atom. The highest BCUT2D eigenvalue weighted by molar-refractivity contribution is 6.02. The van der Waals surface area contributed by atoms with Crippen molar-refractivity contribution in [2.75, 3.05) is 31.6 Å². The van der Waals surface area contributed by atoms with Crippen LogP contribution in [0.1, 0.15) is 43.1 Å². The minimum atomic E-state index is -0.434. The summed E-state index contributed by atoms with van der Waals surface area (Å²) in [7, 11) is 1.75. The zero-order valence-corrected chi connectivity index (χ0v) is 18.7. The smallest absolute Gasteiger partial charge is 0.256 e. The highest BCUT2D eigenvalue weighted by atomic mass is 16.5. The van der Waals surface area contributed by atoms with Gasteiger partial charge >= 0.3 is 0 Å². The van der Waals surface area contributed by atoms with Crippen molar-refractivity contribution in [2.24, 2.45) is 11.7 Å². The predicted molar refractivity (Wildman–Crippen MR) is 122 cm³/mol. The fourth-order valence-corrected chi connectivity index (χ4v) is 3.95. The lowest BCUT2D eigenvalue weighted by molar-refractivity contribution is 0.0588. The molecule has 7 heteroatoms. The summed E-state index contributed by atoms with van der Waals surface area (Å²) >= 11 is 0. The zero-order valence-electron chi connectivity index (χ0n) is 18.7. The largest absolute Gasteiger partial charge is 0.378 e. The van der Waals surface area contributed by atoms with Crippen LogP contribution in [0.5, 0.6) is 0 Å². The molecule has 7 nitrogen and oxygen atoms in total. The molecule has 0 bridgehead atoms. The summed E-state index contributed by atoms with van der Waals surface area (Å²) in [6, 6.07) is 8.31. The van der Waals surface area contributed by atoms with Crippen LogP contribution in [0.15, 0.2) is 24.3 Å². The van der Waals surface area contributed by atoms with Crippen LogP contribution in [0.4, 0.5) is 5.82 Å². The third-order valence-electron chi connectivity index (χ3n) is 5.50. The molecular weight excluding hydrogens is 378 g/mol. The molecule has 0 radical (unpaired) electrons. The lowest BCUT2D eigenvalue weighted by atomic mass is 9.99. The third kappa shape index (κ3) is 5.28. The first-order valence-electron chi connectivity index (χ1n) is 10.8. The minimum Gasteiger partial charge on any atom is -0.378 e. The molecule has 1 aliphatic rings. The molecule has 1 saturated heterocycles. The molecule has 3 rings (SSSR count). The van der Waals surface area contributed by atoms with Crippen LogP contribution in [0.25, 0.3) is 10.9 Å². The average molecular weight is 414 g/mol. The van der Waals surface area contributed by atoms with Gasteiger partial charge in [-0.25, -0.2) is 4.98 Å². The number of hydrogen-bond donors (Lipinski definition) is 3. The van der Waals surface area contributed by atoms with E-state index in [0.717, 1.165) is 36.0 Å². The van der Waals surface area contributed by atoms with Crippen molar-refractivity contribution in [3.63, 3.8) is 0 Å². The Hall–Kier alpha value is -2.22. The Bertz CT molecular complexity index is 883. The molecule has 2 unspecified atom stereocenters. The summed E-state index contributed by atoms with van der Waals surface area (Å²) in [5, 5.41) is 7.39. The van der Waals surface area contributed by atoms with E-state index in [4.69, 9.17) is 15.5 Å². The van der Waals surface area contributed by atoms with Crippen LogP contribution in [0, 0.1) is 12.8 Å². The van der Waals surface area contributed by atoms with Gasteiger partial charge in [-0.3, -0.25) is 4.79 Å². The number of hydrogen-bond acceptors (Lipinski definition) is 6. The van der Waals surface area contributed by atoms with Crippen molar-refractivity contribution in [3.05, 3.63) is 35.4 Å². The SMILES string of the molecule is CO[C@H]1CN(c2nc3ccc(C)cc3cc2C(=O)NC(C)N)CCC1NCC(C)C. The van der Waals surface area contributed by atoms with E-state index < -0.39 is 6.17 Å². The Balaban J connectivity index is 1.93. The number of nitrogens with two attached hydrogens (primary N) is 1. The molecule has 0 saturated carbocycles. The molecule has 0 aliphatic carbocycles. The van der Waals surface area contributed by atoms with Crippen LogP contribution in [-0.4, -0.2) is 55.9 Å². The monoisotopic (exact) mass is 413 g/mol. The third-order valence-corrected chi connectivity index (χ3v) is 5.50. The number of carbonyl (C=O) groups excluding carboxylic acids is 1. The second-order valence-corrected chi connectivity index (χ2v) is 8.74. The Morgan fingerprint density at radius 1 is 1.33 bits per heavy atom. The fraction of sp³-hybridized carbons (Fsp3) is 0.565. The second kappa shape index (κ2) is 9.73. The van der Waals surface area contributed by atoms with Gasteiger partial charge in [0.2, 0.25) is 0 Å². The summed E-state index contributed by atoms with van der Waals surface area (Å²) in [5.41, 5.74) is 8.38. The van der Waals surface area contributed by atoms with Gasteiger partial charge in [-0.15, -0.1) is 0 Å². The standard InChI is InChI=1S/C23H35N5O2/c1-14(2)12-25-20-8-9-28(13-21(20)30-5)22-18(23(29)26-16(4)24)11-17-10-15(3)6-7-19(17)27-22/h6-7,10-11,14,16,20-21,25H,8-9,12-13,24H2,1-5H3,(H,26,29)/t16?,20?,21-/m0/s1. The Labute approximate surface area is 179 Å². The van der Waals surface area contributed by atoms with E-state index in [9.17, 15) is 4.79 Å². The maximum absolute atomic E-state index is 12.9. The van der Waals surface area contributed by atoms with Gasteiger partial charge in [0.1, 0.15) is 5.82 Å². The molecule has 0 spiro atoms. The van der Waals surface area contributed by atoms with Crippen LogP contribution >= 0.6 is 0 Å². The molecule has 30 heavy (non-hydrogen) atoms. The van der Waals surface area contributed by atoms with Crippen LogP contribution in [0.3, 0.4) is 0 Å². The molecule has 1 aliphatic heterocycles. The molecule has 4 N–H and O–H groups in total. The highest BCUT2D eigenvalue weighted by Crippen LogP contribution is 2.28. The van der Waals surface area contributed by atoms with Crippen molar-refractivity contribution in [2.45, 2.75) is 52.4 Å². The molecule has 1 amide bonds. The first kappa shape index (κ1) is 22.5. The van der Waals surface area contributed by atoms with Gasteiger partial charge < -0.3 is 26.0 Å². The number of benzene rings is 1. The maximum atomic E-state index is 12.9. The highest BCUT2D eigenvalue weighted by Gasteiger charge is 2.32. The topological polar surface area (TPSA) is 92.5 Å². The van der Waals surface area contributed by atoms with Crippen LogP contribution in [0.2, 0.25) is 0 Å². The fourth-order valence-electron chi connectivity index (χ4n) is 3.95. The van der Waals surface area contributed by atoms with Crippen LogP contribution < -0.4 is 21.3 Å². The number of piperidine rings is 1. The molecule has 1 aromatic carbocycles. The normalized spacial score (nSPS) is 20.6. The summed E-state index contributed by atoms with van der Waals surface area (Å²) in [5.74, 6) is 1.07. The average Bonchev–Trinajstić information content (AvgIpc) is 2.70. The number of rotatable bonds is 7. The lowest BCUT2D eigenvalue weighted by Crippen LogP contribution is -2.54. The van der Waals surface area contributed by atoms with Crippen molar-refractivity contribution < 1.29 is 9.53 Å². The molecule has 2 heterocycles. The van der Waals surface area contributed by atoms with Crippen molar-refractivity contribution in [1.29, 1.82) is 0 Å². The van der Waals surface area contributed by atoms with Gasteiger partial charge in [0.15, 0.2) is 0 Å². The van der Waals surface area contributed by atoms with E-state index in [1.165, 1.54) is 0 Å². The van der Waals surface area contributed by atoms with E-state index in [-0.39, 0.29) is 18.1 Å². The van der Waals surface area contributed by atoms with Gasteiger partial charge in [0.05, 0.1) is 23.3 Å². The lowest BCUT2D eigenvalue weighted by Gasteiger charge is -2.39. The minimum absolute atomic E-state index is 0.0253. The molecule has 3 atom stereocenters. The number of nitrogens with one attached hydrogen (secondary N) is 2. The molecular formula is C23H35N5O2. The number of anilines is 1. The van der Waals surface area contributed by atoms with Crippen molar-refractivity contribution >= 4 is 22.6 Å². The van der Waals surface area contributed by atoms with Gasteiger partial charge in [-0.1, -0.05) is 25.5 Å². The number of aryl methyl sites for hydroxylation is 1. The van der Waals surface area contributed by atoms with Gasteiger partial charge in [0.25, 0.3) is 5.91 Å². The summed E-state index contributed by atoms with van der Waals surface area (Å²) in [6.07, 6.45) is 0.515. The van der Waals surface area contributed by atoms with Gasteiger partial charge in [-0.2, -0.15) is 0 Å². The molecule has 164 valence electrons. The number of pyridine rings is 1. The molecule has 1 fully saturated rings. The van der Waals surface area contributed by atoms with Crippen LogP contribution in [-0.2, 0) is 4.74 Å². The Kier molecular flexibility index (Phi) is 7.28. The number of ether oxygens (including phenoxy) is 1. The number of aromatic nitrogens is 1. The van der Waals surface area contributed by atoms with E-state index in [1.54, 1.807) is 14.0 Å². The number of carbonyl (C=O) groups is 1. The van der Waals surface area contributed by atoms with E-state index in [0.29, 0.717) is 23.8 Å². The molecule has 2 aromatic rings. The number of methoxy groups -OCH3 is 1. The first-order chi connectivity index (χ1) is 14.3. The van der Waals surface area contributed by atoms with Gasteiger partial charge in [-0.05, 0) is 50.9 Å². The summed E-state index contributed by atoms with van der Waals surface area (Å²) in [4.78, 5) is 20.0. The number of nitrogens with zero attached hydrogens (tertiary/aromatic N) is 2. The van der Waals surface area contributed by atoms with E-state index in [2.05, 4.69) is 35.4 Å². The Morgan fingerprint density at radius 2 is 2.10 bits per heavy atom. The second-order valence-electron chi connectivity index (χ2n) is 8.74. The van der Waals surface area contributed by atoms with Crippen molar-refractivity contribution in [1.82, 2.24) is 15.6 Å². The zero-order chi connectivity index (χ0) is 21.8. The van der Waals surface area contributed by atoms with E-state index in [1.807, 2.05) is 25.1 Å². The van der Waals surface area contributed by atoms with Crippen molar-refractivity contribution in [3.8, 4) is 0 Å². The quantitative estimate of drug-likeness (QED) is 0.604. The molecule has 1 aromatic heterocycles. The summed E-state index contributed by atoms with van der Waals surface area (Å²) < 4.78 is 5.80. The number of amides is 1. The van der Waals surface area contributed by atoms with Gasteiger partial charge in [0, 0.05) is 31.6 Å². The predicted octanol–water partition coefficient (Wildman–Crippen LogP) is 2.42. The number of fused-ring (bicyclic) bond motifs is 1. The summed E-state index contributed by atoms with van der Waals surface area (Å²) in [6.45, 7) is 10.6. The van der Waals surface area contributed by atoms with E-state index >= 15 is 0 Å². The maximum Gasteiger partial charge on any atom is 0.256 e. The first-order valence-corrected chi connectivity index (χ1v) is 10.8.